The number of H-pyrrole nitrogens is 1. The number of aliphatic hydroxyl groups is 1. The fourth-order valence-corrected chi connectivity index (χ4v) is 5.05. The van der Waals surface area contributed by atoms with E-state index in [1.54, 1.807) is 37.0 Å². The smallest absolute Gasteiger partial charge is 0.459 e. The maximum absolute atomic E-state index is 15.2. The van der Waals surface area contributed by atoms with Gasteiger partial charge in [0.2, 0.25) is 5.82 Å². The van der Waals surface area contributed by atoms with Crippen LogP contribution in [0.4, 0.5) is 8.78 Å². The van der Waals surface area contributed by atoms with Gasteiger partial charge in [-0.3, -0.25) is 23.7 Å². The molecule has 12 nitrogen and oxygen atoms in total. The number of aliphatic hydroxyl groups excluding tert-OH is 1. The second kappa shape index (κ2) is 11.4. The Morgan fingerprint density at radius 2 is 1.97 bits per heavy atom. The molecule has 0 saturated carbocycles. The number of hydrogen-bond donors (Lipinski definition) is 3. The summed E-state index contributed by atoms with van der Waals surface area (Å²) in [5.41, 5.74) is -2.61. The lowest BCUT2D eigenvalue weighted by Gasteiger charge is -2.25. The van der Waals surface area contributed by atoms with Crippen molar-refractivity contribution in [2.45, 2.75) is 56.5 Å². The van der Waals surface area contributed by atoms with Crippen LogP contribution in [-0.2, 0) is 23.4 Å². The van der Waals surface area contributed by atoms with Gasteiger partial charge in [-0.05, 0) is 32.9 Å². The lowest BCUT2D eigenvalue weighted by atomic mass is 10.1. The summed E-state index contributed by atoms with van der Waals surface area (Å²) in [7, 11) is -4.41. The number of aromatic amines is 1. The van der Waals surface area contributed by atoms with Crippen molar-refractivity contribution in [2.75, 3.05) is 6.61 Å². The van der Waals surface area contributed by atoms with E-state index >= 15 is 4.39 Å². The molecule has 0 aliphatic carbocycles. The molecule has 1 aliphatic heterocycles. The Hall–Kier alpha value is -2.61. The molecular formula is C21H25ClF2N3O9P. The highest BCUT2D eigenvalue weighted by atomic mass is 35.5. The summed E-state index contributed by atoms with van der Waals surface area (Å²) in [6.45, 7) is 3.75. The molecule has 1 fully saturated rings. The number of carbonyl (C=O) groups is 1. The number of benzene rings is 1. The number of hydrogen-bond acceptors (Lipinski definition) is 9. The van der Waals surface area contributed by atoms with Gasteiger partial charge in [-0.1, -0.05) is 29.8 Å². The van der Waals surface area contributed by atoms with E-state index in [9.17, 15) is 28.4 Å². The van der Waals surface area contributed by atoms with Crippen LogP contribution in [0.25, 0.3) is 0 Å². The Balaban J connectivity index is 1.82. The maximum atomic E-state index is 15.2. The van der Waals surface area contributed by atoms with Gasteiger partial charge in [-0.2, -0.15) is 9.48 Å². The predicted molar refractivity (Wildman–Crippen MR) is 125 cm³/mol. The van der Waals surface area contributed by atoms with Crippen LogP contribution in [0.15, 0.2) is 46.1 Å². The summed E-state index contributed by atoms with van der Waals surface area (Å²) >= 11 is 5.78. The lowest BCUT2D eigenvalue weighted by Crippen LogP contribution is -2.42. The molecule has 1 aliphatic rings. The van der Waals surface area contributed by atoms with Crippen LogP contribution >= 0.6 is 19.3 Å². The SMILES string of the molecule is CC(C)OC(=O)C(C)NP(=O)(OC[C@H]1O[C@@H](n2cc(F)c(=O)[nH]c2=O)[C@@](F)(Cl)[C@@H]1O)Oc1ccccc1. The summed E-state index contributed by atoms with van der Waals surface area (Å²) in [4.78, 5) is 37.2. The number of halogens is 3. The number of ether oxygens (including phenoxy) is 2. The first-order valence-electron chi connectivity index (χ1n) is 10.9. The minimum atomic E-state index is -4.41. The zero-order chi connectivity index (χ0) is 27.5. The summed E-state index contributed by atoms with van der Waals surface area (Å²) in [5, 5.41) is 9.62. The first kappa shape index (κ1) is 29.0. The van der Waals surface area contributed by atoms with E-state index in [0.717, 1.165) is 0 Å². The van der Waals surface area contributed by atoms with Gasteiger partial charge in [-0.25, -0.2) is 13.8 Å². The van der Waals surface area contributed by atoms with E-state index < -0.39 is 73.1 Å². The van der Waals surface area contributed by atoms with Gasteiger partial charge in [0.15, 0.2) is 6.23 Å². The largest absolute Gasteiger partial charge is 0.462 e. The van der Waals surface area contributed by atoms with Crippen LogP contribution < -0.4 is 20.9 Å². The Morgan fingerprint density at radius 3 is 2.59 bits per heavy atom. The van der Waals surface area contributed by atoms with Crippen molar-refractivity contribution in [3.63, 3.8) is 0 Å². The van der Waals surface area contributed by atoms with Crippen LogP contribution in [0.2, 0.25) is 0 Å². The quantitative estimate of drug-likeness (QED) is 0.220. The second-order valence-corrected chi connectivity index (χ2v) is 10.6. The summed E-state index contributed by atoms with van der Waals surface area (Å²) in [6, 6.07) is 6.55. The Labute approximate surface area is 214 Å². The Morgan fingerprint density at radius 1 is 1.32 bits per heavy atom. The summed E-state index contributed by atoms with van der Waals surface area (Å²) < 4.78 is 63.9. The molecule has 0 spiro atoms. The molecule has 37 heavy (non-hydrogen) atoms. The zero-order valence-electron chi connectivity index (χ0n) is 19.8. The average molecular weight is 568 g/mol. The molecule has 1 saturated heterocycles. The highest BCUT2D eigenvalue weighted by Gasteiger charge is 2.58. The van der Waals surface area contributed by atoms with Crippen LogP contribution in [0.5, 0.6) is 5.75 Å². The third-order valence-electron chi connectivity index (χ3n) is 4.99. The Kier molecular flexibility index (Phi) is 8.93. The first-order valence-corrected chi connectivity index (χ1v) is 12.9. The monoisotopic (exact) mass is 567 g/mol. The van der Waals surface area contributed by atoms with Crippen LogP contribution in [0.1, 0.15) is 27.0 Å². The number of rotatable bonds is 10. The van der Waals surface area contributed by atoms with Gasteiger partial charge >= 0.3 is 19.4 Å². The van der Waals surface area contributed by atoms with E-state index in [-0.39, 0.29) is 5.75 Å². The molecule has 0 amide bonds. The molecule has 1 aromatic carbocycles. The molecular weight excluding hydrogens is 543 g/mol. The Bertz CT molecular complexity index is 1270. The van der Waals surface area contributed by atoms with E-state index in [4.69, 9.17) is 30.1 Å². The molecule has 2 aromatic rings. The number of para-hydroxylation sites is 1. The fraction of sp³-hybridized carbons (Fsp3) is 0.476. The molecule has 2 heterocycles. The van der Waals surface area contributed by atoms with Gasteiger partial charge in [0.25, 0.3) is 10.7 Å². The first-order chi connectivity index (χ1) is 17.2. The fourth-order valence-electron chi connectivity index (χ4n) is 3.25. The summed E-state index contributed by atoms with van der Waals surface area (Å²) in [5.74, 6) is -2.12. The zero-order valence-corrected chi connectivity index (χ0v) is 21.4. The molecule has 3 rings (SSSR count). The number of nitrogens with zero attached hydrogens (tertiary/aromatic N) is 1. The van der Waals surface area contributed by atoms with Crippen molar-refractivity contribution >= 4 is 25.3 Å². The molecule has 3 N–H and O–H groups in total. The number of alkyl halides is 2. The molecule has 16 heteroatoms. The standard InChI is InChI=1S/C21H25ClF2N3O9P/c1-11(2)34-18(30)12(3)26-37(32,36-13-7-5-4-6-8-13)33-10-15-16(28)21(22,24)19(35-15)27-9-14(23)17(29)25-20(27)31/h4-9,11-12,15-16,19,28H,10H2,1-3H3,(H,26,32)(H,25,29,31)/t12?,15-,16-,19-,21-,37?/m1/s1. The van der Waals surface area contributed by atoms with Gasteiger partial charge < -0.3 is 19.1 Å². The summed E-state index contributed by atoms with van der Waals surface area (Å²) in [6.07, 6.45) is -6.02. The molecule has 1 aromatic heterocycles. The minimum absolute atomic E-state index is 0.0842. The second-order valence-electron chi connectivity index (χ2n) is 8.32. The van der Waals surface area contributed by atoms with Crippen LogP contribution in [0, 0.1) is 5.82 Å². The molecule has 204 valence electrons. The predicted octanol–water partition coefficient (Wildman–Crippen LogP) is 1.97. The number of nitrogens with one attached hydrogen (secondary N) is 2. The molecule has 0 radical (unpaired) electrons. The number of aromatic nitrogens is 2. The van der Waals surface area contributed by atoms with E-state index in [2.05, 4.69) is 5.09 Å². The minimum Gasteiger partial charge on any atom is -0.462 e. The van der Waals surface area contributed by atoms with Gasteiger partial charge in [0, 0.05) is 0 Å². The van der Waals surface area contributed by atoms with Crippen LogP contribution in [0.3, 0.4) is 0 Å². The highest BCUT2D eigenvalue weighted by molar-refractivity contribution is 7.52. The topological polar surface area (TPSA) is 158 Å². The molecule has 2 unspecified atom stereocenters. The van der Waals surface area contributed by atoms with Gasteiger partial charge in [0.05, 0.1) is 18.9 Å². The normalized spacial score (nSPS) is 26.0. The van der Waals surface area contributed by atoms with E-state index in [1.165, 1.54) is 19.1 Å². The molecule has 6 atom stereocenters. The third kappa shape index (κ3) is 6.83. The van der Waals surface area contributed by atoms with E-state index in [0.29, 0.717) is 10.8 Å². The number of esters is 1. The third-order valence-corrected chi connectivity index (χ3v) is 7.05. The number of carbonyl (C=O) groups excluding carboxylic acids is 1. The van der Waals surface area contributed by atoms with Crippen molar-refractivity contribution < 1.29 is 41.8 Å². The van der Waals surface area contributed by atoms with Gasteiger partial charge in [-0.15, -0.1) is 0 Å². The van der Waals surface area contributed by atoms with Crippen molar-refractivity contribution in [1.29, 1.82) is 0 Å². The average Bonchev–Trinajstić information content (AvgIpc) is 3.03. The van der Waals surface area contributed by atoms with E-state index in [1.807, 2.05) is 0 Å². The molecule has 0 bridgehead atoms. The van der Waals surface area contributed by atoms with Crippen molar-refractivity contribution in [2.24, 2.45) is 0 Å². The van der Waals surface area contributed by atoms with Crippen molar-refractivity contribution in [1.82, 2.24) is 14.6 Å². The lowest BCUT2D eigenvalue weighted by molar-refractivity contribution is -0.149. The van der Waals surface area contributed by atoms with Crippen LogP contribution in [-0.4, -0.2) is 56.7 Å². The van der Waals surface area contributed by atoms with Crippen molar-refractivity contribution in [3.8, 4) is 5.75 Å². The highest BCUT2D eigenvalue weighted by Crippen LogP contribution is 2.48. The van der Waals surface area contributed by atoms with Crippen molar-refractivity contribution in [3.05, 3.63) is 63.2 Å². The van der Waals surface area contributed by atoms with Gasteiger partial charge in [0.1, 0.15) is 24.0 Å². The maximum Gasteiger partial charge on any atom is 0.459 e.